The third-order valence-corrected chi connectivity index (χ3v) is 1.72. The van der Waals surface area contributed by atoms with Crippen LogP contribution in [0.4, 0.5) is 0 Å². The molecule has 2 nitrogen and oxygen atoms in total. The van der Waals surface area contributed by atoms with Gasteiger partial charge >= 0.3 is 0 Å². The van der Waals surface area contributed by atoms with Gasteiger partial charge in [-0.25, -0.2) is 0 Å². The molecule has 0 bridgehead atoms. The van der Waals surface area contributed by atoms with E-state index in [4.69, 9.17) is 10.2 Å². The van der Waals surface area contributed by atoms with Gasteiger partial charge in [0.2, 0.25) is 0 Å². The highest BCUT2D eigenvalue weighted by Crippen LogP contribution is 2.16. The zero-order valence-electron chi connectivity index (χ0n) is 6.00. The molecule has 0 spiro atoms. The number of rotatable bonds is 1. The van der Waals surface area contributed by atoms with Crippen LogP contribution >= 0.6 is 0 Å². The Labute approximate surface area is 64.6 Å². The summed E-state index contributed by atoms with van der Waals surface area (Å²) in [6.07, 6.45) is 1.67. The van der Waals surface area contributed by atoms with Crippen LogP contribution in [-0.2, 0) is 6.54 Å². The van der Waals surface area contributed by atoms with Crippen LogP contribution in [-0.4, -0.2) is 0 Å². The van der Waals surface area contributed by atoms with Crippen molar-refractivity contribution < 1.29 is 4.42 Å². The average Bonchev–Trinajstić information content (AvgIpc) is 2.50. The van der Waals surface area contributed by atoms with Gasteiger partial charge < -0.3 is 4.42 Å². The number of fused-ring (bicyclic) bond motifs is 1. The Bertz CT molecular complexity index is 364. The fraction of sp³-hybridized carbons (Fsp3) is 0.111. The topological polar surface area (TPSA) is 36.9 Å². The lowest BCUT2D eigenvalue weighted by Gasteiger charge is -1.93. The normalized spacial score (nSPS) is 10.6. The zero-order chi connectivity index (χ0) is 7.68. The van der Waals surface area contributed by atoms with Gasteiger partial charge in [-0.3, -0.25) is 5.73 Å². The fourth-order valence-corrected chi connectivity index (χ4v) is 1.13. The molecule has 1 N–H and O–H groups in total. The van der Waals surface area contributed by atoms with Crippen LogP contribution in [0.15, 0.2) is 34.9 Å². The van der Waals surface area contributed by atoms with Gasteiger partial charge in [0.15, 0.2) is 0 Å². The fourth-order valence-electron chi connectivity index (χ4n) is 1.13. The molecule has 0 fully saturated rings. The highest BCUT2D eigenvalue weighted by atomic mass is 16.3. The molecule has 0 aliphatic rings. The highest BCUT2D eigenvalue weighted by molar-refractivity contribution is 5.77. The van der Waals surface area contributed by atoms with Gasteiger partial charge in [-0.05, 0) is 23.8 Å². The van der Waals surface area contributed by atoms with E-state index in [2.05, 4.69) is 0 Å². The van der Waals surface area contributed by atoms with Gasteiger partial charge in [-0.15, -0.1) is 0 Å². The third kappa shape index (κ3) is 1.01. The van der Waals surface area contributed by atoms with E-state index in [0.717, 1.165) is 16.5 Å². The maximum Gasteiger partial charge on any atom is 0.133 e. The molecule has 2 aromatic rings. The highest BCUT2D eigenvalue weighted by Gasteiger charge is 1.96. The first-order chi connectivity index (χ1) is 5.40. The molecule has 1 aromatic heterocycles. The molecule has 0 aliphatic carbocycles. The van der Waals surface area contributed by atoms with Crippen molar-refractivity contribution in [2.45, 2.75) is 6.54 Å². The lowest BCUT2D eigenvalue weighted by Crippen LogP contribution is -1.82. The molecule has 0 saturated carbocycles. The molecule has 1 radical (unpaired) electrons. The van der Waals surface area contributed by atoms with E-state index in [1.54, 1.807) is 6.26 Å². The summed E-state index contributed by atoms with van der Waals surface area (Å²) in [6, 6.07) is 7.71. The number of benzene rings is 1. The number of nitrogens with one attached hydrogen (secondary N) is 1. The Morgan fingerprint density at radius 1 is 1.27 bits per heavy atom. The minimum Gasteiger partial charge on any atom is -0.464 e. The van der Waals surface area contributed by atoms with E-state index in [1.165, 1.54) is 0 Å². The molecular weight excluding hydrogens is 138 g/mol. The van der Waals surface area contributed by atoms with Crippen molar-refractivity contribution in [2.24, 2.45) is 0 Å². The number of hydrogen-bond donors (Lipinski definition) is 0. The van der Waals surface area contributed by atoms with Gasteiger partial charge in [0.25, 0.3) is 0 Å². The Morgan fingerprint density at radius 2 is 2.18 bits per heavy atom. The van der Waals surface area contributed by atoms with Gasteiger partial charge in [0.05, 0.1) is 6.26 Å². The Morgan fingerprint density at radius 3 is 3.00 bits per heavy atom. The van der Waals surface area contributed by atoms with Gasteiger partial charge in [-0.2, -0.15) is 0 Å². The van der Waals surface area contributed by atoms with Gasteiger partial charge in [0, 0.05) is 11.9 Å². The number of hydrogen-bond acceptors (Lipinski definition) is 1. The van der Waals surface area contributed by atoms with Crippen LogP contribution in [0, 0.1) is 0 Å². The Kier molecular flexibility index (Phi) is 1.40. The molecule has 0 atom stereocenters. The Hall–Kier alpha value is -1.28. The van der Waals surface area contributed by atoms with E-state index in [9.17, 15) is 0 Å². The molecule has 2 heteroatoms. The summed E-state index contributed by atoms with van der Waals surface area (Å²) in [5.74, 6) is 0. The smallest absolute Gasteiger partial charge is 0.133 e. The van der Waals surface area contributed by atoms with E-state index < -0.39 is 0 Å². The van der Waals surface area contributed by atoms with Crippen molar-refractivity contribution in [3.05, 3.63) is 36.1 Å². The van der Waals surface area contributed by atoms with Crippen LogP contribution in [0.25, 0.3) is 11.0 Å². The molecule has 0 aliphatic heterocycles. The molecule has 0 saturated heterocycles. The van der Waals surface area contributed by atoms with Crippen molar-refractivity contribution in [1.29, 1.82) is 0 Å². The van der Waals surface area contributed by atoms with Gasteiger partial charge in [0.1, 0.15) is 5.58 Å². The SMILES string of the molecule is [NH]Cc1ccc2occc2c1. The van der Waals surface area contributed by atoms with E-state index >= 15 is 0 Å². The molecular formula is C9H8NO. The summed E-state index contributed by atoms with van der Waals surface area (Å²) in [7, 11) is 0. The maximum absolute atomic E-state index is 7.14. The molecule has 2 rings (SSSR count). The van der Waals surface area contributed by atoms with Crippen LogP contribution < -0.4 is 5.73 Å². The first kappa shape index (κ1) is 6.43. The lowest BCUT2D eigenvalue weighted by molar-refractivity contribution is 0.616. The second-order valence-corrected chi connectivity index (χ2v) is 2.47. The van der Waals surface area contributed by atoms with Crippen molar-refractivity contribution in [2.75, 3.05) is 0 Å². The van der Waals surface area contributed by atoms with E-state index in [0.29, 0.717) is 6.54 Å². The van der Waals surface area contributed by atoms with E-state index in [1.807, 2.05) is 24.3 Å². The van der Waals surface area contributed by atoms with E-state index in [-0.39, 0.29) is 0 Å². The number of furan rings is 1. The quantitative estimate of drug-likeness (QED) is 0.607. The largest absolute Gasteiger partial charge is 0.464 e. The predicted molar refractivity (Wildman–Crippen MR) is 43.0 cm³/mol. The van der Waals surface area contributed by atoms with Crippen molar-refractivity contribution in [3.8, 4) is 0 Å². The monoisotopic (exact) mass is 146 g/mol. The minimum absolute atomic E-state index is 0.334. The van der Waals surface area contributed by atoms with Crippen molar-refractivity contribution >= 4 is 11.0 Å². The van der Waals surface area contributed by atoms with Crippen LogP contribution in [0.1, 0.15) is 5.56 Å². The van der Waals surface area contributed by atoms with Crippen molar-refractivity contribution in [3.63, 3.8) is 0 Å². The summed E-state index contributed by atoms with van der Waals surface area (Å²) < 4.78 is 5.16. The van der Waals surface area contributed by atoms with Crippen LogP contribution in [0.3, 0.4) is 0 Å². The molecule has 0 unspecified atom stereocenters. The second-order valence-electron chi connectivity index (χ2n) is 2.47. The minimum atomic E-state index is 0.334. The molecule has 1 aromatic carbocycles. The standard InChI is InChI=1S/C9H8NO/c10-6-7-1-2-9-8(5-7)3-4-11-9/h1-5,10H,6H2. The van der Waals surface area contributed by atoms with Crippen LogP contribution in [0.2, 0.25) is 0 Å². The predicted octanol–water partition coefficient (Wildman–Crippen LogP) is 2.22. The first-order valence-corrected chi connectivity index (χ1v) is 3.51. The zero-order valence-corrected chi connectivity index (χ0v) is 6.00. The van der Waals surface area contributed by atoms with Crippen molar-refractivity contribution in [1.82, 2.24) is 5.73 Å². The summed E-state index contributed by atoms with van der Waals surface area (Å²) in [6.45, 7) is 0.334. The molecule has 55 valence electrons. The molecule has 1 heterocycles. The molecule has 11 heavy (non-hydrogen) atoms. The Balaban J connectivity index is 2.67. The first-order valence-electron chi connectivity index (χ1n) is 3.51. The molecule has 0 amide bonds. The van der Waals surface area contributed by atoms with Crippen LogP contribution in [0.5, 0.6) is 0 Å². The second kappa shape index (κ2) is 2.40. The third-order valence-electron chi connectivity index (χ3n) is 1.72. The summed E-state index contributed by atoms with van der Waals surface area (Å²) in [4.78, 5) is 0. The summed E-state index contributed by atoms with van der Waals surface area (Å²) in [5, 5.41) is 1.08. The summed E-state index contributed by atoms with van der Waals surface area (Å²) in [5.41, 5.74) is 9.06. The summed E-state index contributed by atoms with van der Waals surface area (Å²) >= 11 is 0. The maximum atomic E-state index is 7.14. The average molecular weight is 146 g/mol. The van der Waals surface area contributed by atoms with Gasteiger partial charge in [-0.1, -0.05) is 6.07 Å². The lowest BCUT2D eigenvalue weighted by atomic mass is 10.2.